The zero-order chi connectivity index (χ0) is 24.8. The van der Waals surface area contributed by atoms with Crippen LogP contribution in [0.3, 0.4) is 0 Å². The van der Waals surface area contributed by atoms with Crippen molar-refractivity contribution >= 4 is 38.9 Å². The lowest BCUT2D eigenvalue weighted by Gasteiger charge is -2.36. The number of carbonyl (C=O) groups is 1. The van der Waals surface area contributed by atoms with Crippen LogP contribution in [0.15, 0.2) is 83.8 Å². The highest BCUT2D eigenvalue weighted by Crippen LogP contribution is 2.26. The zero-order valence-electron chi connectivity index (χ0n) is 19.5. The molecule has 4 rings (SSSR count). The first-order valence-corrected chi connectivity index (χ1v) is 13.3. The van der Waals surface area contributed by atoms with Gasteiger partial charge in [-0.25, -0.2) is 8.42 Å². The van der Waals surface area contributed by atoms with E-state index in [2.05, 4.69) is 4.90 Å². The van der Waals surface area contributed by atoms with Crippen molar-refractivity contribution in [1.82, 2.24) is 4.90 Å². The van der Waals surface area contributed by atoms with Crippen molar-refractivity contribution in [2.45, 2.75) is 11.8 Å². The number of rotatable bonds is 8. The molecule has 1 aliphatic heterocycles. The predicted molar refractivity (Wildman–Crippen MR) is 139 cm³/mol. The summed E-state index contributed by atoms with van der Waals surface area (Å²) in [5.41, 5.74) is 1.59. The molecule has 0 unspecified atom stereocenters. The van der Waals surface area contributed by atoms with Gasteiger partial charge in [-0.15, -0.1) is 0 Å². The normalized spacial score (nSPS) is 14.0. The summed E-state index contributed by atoms with van der Waals surface area (Å²) in [6.45, 7) is 4.67. The van der Waals surface area contributed by atoms with Gasteiger partial charge in [-0.3, -0.25) is 9.10 Å². The fraction of sp³-hybridized carbons (Fsp3) is 0.269. The summed E-state index contributed by atoms with van der Waals surface area (Å²) >= 11 is 6.09. The smallest absolute Gasteiger partial charge is 0.264 e. The second-order valence-corrected chi connectivity index (χ2v) is 10.4. The Labute approximate surface area is 211 Å². The average molecular weight is 514 g/mol. The van der Waals surface area contributed by atoms with Crippen LogP contribution in [0, 0.1) is 0 Å². The van der Waals surface area contributed by atoms with E-state index in [1.54, 1.807) is 66.4 Å². The fourth-order valence-electron chi connectivity index (χ4n) is 4.04. The maximum atomic E-state index is 13.0. The first-order chi connectivity index (χ1) is 16.9. The highest BCUT2D eigenvalue weighted by Gasteiger charge is 2.24. The van der Waals surface area contributed by atoms with Crippen molar-refractivity contribution in [3.05, 3.63) is 83.9 Å². The molecule has 1 fully saturated rings. The van der Waals surface area contributed by atoms with Crippen LogP contribution in [0.1, 0.15) is 6.92 Å². The maximum absolute atomic E-state index is 13.0. The number of carbonyl (C=O) groups excluding carboxylic acids is 1. The van der Waals surface area contributed by atoms with E-state index in [0.717, 1.165) is 18.8 Å². The van der Waals surface area contributed by atoms with Crippen molar-refractivity contribution in [2.24, 2.45) is 0 Å². The molecule has 0 spiro atoms. The largest absolute Gasteiger partial charge is 0.484 e. The molecular weight excluding hydrogens is 486 g/mol. The van der Waals surface area contributed by atoms with Gasteiger partial charge in [0, 0.05) is 43.4 Å². The quantitative estimate of drug-likeness (QED) is 0.449. The van der Waals surface area contributed by atoms with Gasteiger partial charge in [-0.2, -0.15) is 0 Å². The van der Waals surface area contributed by atoms with Crippen LogP contribution in [0.2, 0.25) is 5.02 Å². The molecule has 1 amide bonds. The van der Waals surface area contributed by atoms with E-state index in [1.165, 1.54) is 4.31 Å². The molecule has 0 atom stereocenters. The molecule has 0 saturated carbocycles. The molecule has 1 heterocycles. The fourth-order valence-corrected chi connectivity index (χ4v) is 5.72. The summed E-state index contributed by atoms with van der Waals surface area (Å²) in [6.07, 6.45) is 0. The van der Waals surface area contributed by atoms with Crippen LogP contribution in [0.25, 0.3) is 0 Å². The summed E-state index contributed by atoms with van der Waals surface area (Å²) in [5, 5.41) is 0.695. The van der Waals surface area contributed by atoms with Crippen LogP contribution in [-0.2, 0) is 14.8 Å². The van der Waals surface area contributed by atoms with Crippen LogP contribution in [0.5, 0.6) is 5.75 Å². The van der Waals surface area contributed by atoms with Gasteiger partial charge in [0.1, 0.15) is 5.75 Å². The molecule has 7 nitrogen and oxygen atoms in total. The molecule has 35 heavy (non-hydrogen) atoms. The van der Waals surface area contributed by atoms with Gasteiger partial charge in [0.05, 0.1) is 10.6 Å². The van der Waals surface area contributed by atoms with Crippen molar-refractivity contribution in [2.75, 3.05) is 48.5 Å². The Bertz CT molecular complexity index is 1250. The number of nitrogens with zero attached hydrogens (tertiary/aromatic N) is 3. The minimum Gasteiger partial charge on any atom is -0.484 e. The number of hydrogen-bond acceptors (Lipinski definition) is 5. The molecule has 3 aromatic carbocycles. The molecule has 1 saturated heterocycles. The van der Waals surface area contributed by atoms with Crippen molar-refractivity contribution in [1.29, 1.82) is 0 Å². The summed E-state index contributed by atoms with van der Waals surface area (Å²) in [7, 11) is -3.66. The number of halogens is 1. The van der Waals surface area contributed by atoms with Gasteiger partial charge in [0.25, 0.3) is 15.9 Å². The Morgan fingerprint density at radius 3 is 2.26 bits per heavy atom. The summed E-state index contributed by atoms with van der Waals surface area (Å²) in [6, 6.07) is 22.8. The van der Waals surface area contributed by atoms with Crippen molar-refractivity contribution in [3.63, 3.8) is 0 Å². The SMILES string of the molecule is CCN(c1ccc(OCC(=O)N2CCN(c3cccc(Cl)c3)CC2)cc1)S(=O)(=O)c1ccccc1. The minimum absolute atomic E-state index is 0.0731. The lowest BCUT2D eigenvalue weighted by Crippen LogP contribution is -2.50. The number of piperazine rings is 1. The van der Waals surface area contributed by atoms with E-state index >= 15 is 0 Å². The second-order valence-electron chi connectivity index (χ2n) is 8.11. The minimum atomic E-state index is -3.66. The number of benzene rings is 3. The van der Waals surface area contributed by atoms with E-state index in [0.29, 0.717) is 29.5 Å². The number of ether oxygens (including phenoxy) is 1. The first-order valence-electron chi connectivity index (χ1n) is 11.5. The Morgan fingerprint density at radius 2 is 1.63 bits per heavy atom. The van der Waals surface area contributed by atoms with Gasteiger partial charge in [-0.1, -0.05) is 35.9 Å². The van der Waals surface area contributed by atoms with Gasteiger partial charge < -0.3 is 14.5 Å². The number of anilines is 2. The van der Waals surface area contributed by atoms with Crippen LogP contribution in [-0.4, -0.2) is 58.6 Å². The standard InChI is InChI=1S/C26H28ClN3O4S/c1-2-30(35(32,33)25-9-4-3-5-10-25)22-11-13-24(14-12-22)34-20-26(31)29-17-15-28(16-18-29)23-8-6-7-21(27)19-23/h3-14,19H,2,15-18,20H2,1H3. The lowest BCUT2D eigenvalue weighted by molar-refractivity contribution is -0.133. The Morgan fingerprint density at radius 1 is 0.943 bits per heavy atom. The van der Waals surface area contributed by atoms with Crippen molar-refractivity contribution < 1.29 is 17.9 Å². The molecule has 3 aromatic rings. The summed E-state index contributed by atoms with van der Waals surface area (Å²) in [5.74, 6) is 0.425. The lowest BCUT2D eigenvalue weighted by atomic mass is 10.2. The third-order valence-electron chi connectivity index (χ3n) is 5.91. The van der Waals surface area contributed by atoms with Gasteiger partial charge in [0.15, 0.2) is 6.61 Å². The zero-order valence-corrected chi connectivity index (χ0v) is 21.1. The van der Waals surface area contributed by atoms with E-state index in [-0.39, 0.29) is 24.0 Å². The molecule has 1 aliphatic rings. The highest BCUT2D eigenvalue weighted by atomic mass is 35.5. The maximum Gasteiger partial charge on any atom is 0.264 e. The molecule has 0 bridgehead atoms. The highest BCUT2D eigenvalue weighted by molar-refractivity contribution is 7.92. The Kier molecular flexibility index (Phi) is 7.83. The Hall–Kier alpha value is -3.23. The van der Waals surface area contributed by atoms with Crippen LogP contribution in [0.4, 0.5) is 11.4 Å². The predicted octanol–water partition coefficient (Wildman–Crippen LogP) is 4.28. The second kappa shape index (κ2) is 11.0. The monoisotopic (exact) mass is 513 g/mol. The van der Waals surface area contributed by atoms with Crippen LogP contribution < -0.4 is 13.9 Å². The molecule has 0 aliphatic carbocycles. The van der Waals surface area contributed by atoms with Crippen molar-refractivity contribution in [3.8, 4) is 5.75 Å². The third-order valence-corrected chi connectivity index (χ3v) is 8.06. The van der Waals surface area contributed by atoms with Gasteiger partial charge in [-0.05, 0) is 61.5 Å². The molecule has 184 valence electrons. The van der Waals surface area contributed by atoms with E-state index in [4.69, 9.17) is 16.3 Å². The summed E-state index contributed by atoms with van der Waals surface area (Å²) < 4.78 is 33.0. The van der Waals surface area contributed by atoms with E-state index in [1.807, 2.05) is 24.3 Å². The van der Waals surface area contributed by atoms with Crippen LogP contribution >= 0.6 is 11.6 Å². The molecule has 0 radical (unpaired) electrons. The van der Waals surface area contributed by atoms with Gasteiger partial charge in [0.2, 0.25) is 0 Å². The van der Waals surface area contributed by atoms with E-state index in [9.17, 15) is 13.2 Å². The number of sulfonamides is 1. The first kappa shape index (κ1) is 24.9. The number of hydrogen-bond donors (Lipinski definition) is 0. The topological polar surface area (TPSA) is 70.2 Å². The summed E-state index contributed by atoms with van der Waals surface area (Å²) in [4.78, 5) is 16.9. The molecular formula is C26H28ClN3O4S. The molecule has 0 aromatic heterocycles. The third kappa shape index (κ3) is 5.89. The number of amides is 1. The Balaban J connectivity index is 1.32. The molecule has 9 heteroatoms. The average Bonchev–Trinajstić information content (AvgIpc) is 2.89. The van der Waals surface area contributed by atoms with E-state index < -0.39 is 10.0 Å². The van der Waals surface area contributed by atoms with Gasteiger partial charge >= 0.3 is 0 Å². The molecule has 0 N–H and O–H groups in total.